The second-order valence-electron chi connectivity index (χ2n) is 5.18. The van der Waals surface area contributed by atoms with Crippen LogP contribution in [-0.4, -0.2) is 42.9 Å². The first-order valence-corrected chi connectivity index (χ1v) is 7.52. The normalized spacial score (nSPS) is 17.5. The van der Waals surface area contributed by atoms with Crippen LogP contribution in [0.5, 0.6) is 0 Å². The van der Waals surface area contributed by atoms with Gasteiger partial charge in [0.25, 0.3) is 5.91 Å². The smallest absolute Gasteiger partial charge is 0.253 e. The van der Waals surface area contributed by atoms with Crippen molar-refractivity contribution in [3.05, 3.63) is 34.9 Å². The minimum absolute atomic E-state index is 0. The second kappa shape index (κ2) is 8.98. The van der Waals surface area contributed by atoms with Crippen LogP contribution in [0.2, 0.25) is 5.02 Å². The molecule has 1 heterocycles. The maximum atomic E-state index is 12.4. The van der Waals surface area contributed by atoms with Gasteiger partial charge in [-0.05, 0) is 37.1 Å². The molecule has 1 aliphatic heterocycles. The van der Waals surface area contributed by atoms with Crippen LogP contribution in [0.25, 0.3) is 0 Å². The van der Waals surface area contributed by atoms with Gasteiger partial charge in [-0.1, -0.05) is 11.6 Å². The number of amides is 2. The Morgan fingerprint density at radius 2 is 2.00 bits per heavy atom. The van der Waals surface area contributed by atoms with Crippen molar-refractivity contribution in [1.29, 1.82) is 0 Å². The van der Waals surface area contributed by atoms with Crippen molar-refractivity contribution in [2.45, 2.75) is 12.8 Å². The molecule has 0 aliphatic carbocycles. The Morgan fingerprint density at radius 3 is 2.64 bits per heavy atom. The number of hydrogen-bond donors (Lipinski definition) is 2. The summed E-state index contributed by atoms with van der Waals surface area (Å²) in [4.78, 5) is 26.1. The number of nitrogens with one attached hydrogen (secondary N) is 1. The van der Waals surface area contributed by atoms with Gasteiger partial charge in [-0.15, -0.1) is 12.4 Å². The van der Waals surface area contributed by atoms with Crippen molar-refractivity contribution in [2.75, 3.05) is 26.2 Å². The first kappa shape index (κ1) is 18.7. The van der Waals surface area contributed by atoms with Crippen molar-refractivity contribution in [2.24, 2.45) is 11.7 Å². The van der Waals surface area contributed by atoms with E-state index in [0.29, 0.717) is 36.8 Å². The molecule has 1 unspecified atom stereocenters. The molecule has 0 radical (unpaired) electrons. The Labute approximate surface area is 141 Å². The van der Waals surface area contributed by atoms with Gasteiger partial charge in [-0.3, -0.25) is 9.59 Å². The number of rotatable bonds is 4. The lowest BCUT2D eigenvalue weighted by molar-refractivity contribution is -0.126. The van der Waals surface area contributed by atoms with Crippen LogP contribution in [0.1, 0.15) is 23.2 Å². The number of nitrogens with two attached hydrogens (primary N) is 1. The van der Waals surface area contributed by atoms with Crippen molar-refractivity contribution in [3.8, 4) is 0 Å². The summed E-state index contributed by atoms with van der Waals surface area (Å²) in [6.07, 6.45) is 1.64. The van der Waals surface area contributed by atoms with E-state index in [1.165, 1.54) is 0 Å². The number of carbonyl (C=O) groups excluding carboxylic acids is 2. The van der Waals surface area contributed by atoms with Gasteiger partial charge in [0.05, 0.1) is 5.92 Å². The third-order valence-electron chi connectivity index (χ3n) is 3.61. The third kappa shape index (κ3) is 4.87. The minimum Gasteiger partial charge on any atom is -0.355 e. The lowest BCUT2D eigenvalue weighted by atomic mass is 9.96. The van der Waals surface area contributed by atoms with Crippen LogP contribution in [0.3, 0.4) is 0 Å². The molecule has 2 rings (SSSR count). The number of benzene rings is 1. The topological polar surface area (TPSA) is 75.4 Å². The van der Waals surface area contributed by atoms with E-state index in [2.05, 4.69) is 5.32 Å². The fourth-order valence-electron chi connectivity index (χ4n) is 2.49. The standard InChI is InChI=1S/C15H20ClN3O2.ClH/c16-13-5-3-11(4-6-13)15(21)19-9-1-2-12(10-19)14(20)18-8-7-17;/h3-6,12H,1-2,7-10,17H2,(H,18,20);1H. The molecule has 0 bridgehead atoms. The summed E-state index contributed by atoms with van der Waals surface area (Å²) in [7, 11) is 0. The van der Waals surface area contributed by atoms with Crippen LogP contribution in [-0.2, 0) is 4.79 Å². The van der Waals surface area contributed by atoms with E-state index in [4.69, 9.17) is 17.3 Å². The van der Waals surface area contributed by atoms with Gasteiger partial charge in [-0.2, -0.15) is 0 Å². The molecular formula is C15H21Cl2N3O2. The molecule has 1 saturated heterocycles. The van der Waals surface area contributed by atoms with Crippen molar-refractivity contribution in [3.63, 3.8) is 0 Å². The van der Waals surface area contributed by atoms with Crippen molar-refractivity contribution >= 4 is 35.8 Å². The summed E-state index contributed by atoms with van der Waals surface area (Å²) in [5, 5.41) is 3.39. The molecule has 122 valence electrons. The first-order valence-electron chi connectivity index (χ1n) is 7.14. The second-order valence-corrected chi connectivity index (χ2v) is 5.61. The molecule has 0 spiro atoms. The maximum absolute atomic E-state index is 12.4. The van der Waals surface area contributed by atoms with Gasteiger partial charge in [0.15, 0.2) is 0 Å². The number of carbonyl (C=O) groups is 2. The van der Waals surface area contributed by atoms with E-state index >= 15 is 0 Å². The van der Waals surface area contributed by atoms with Gasteiger partial charge >= 0.3 is 0 Å². The Kier molecular flexibility index (Phi) is 7.65. The van der Waals surface area contributed by atoms with E-state index in [1.54, 1.807) is 29.2 Å². The van der Waals surface area contributed by atoms with Crippen molar-refractivity contribution < 1.29 is 9.59 Å². The zero-order valence-electron chi connectivity index (χ0n) is 12.3. The Balaban J connectivity index is 0.00000242. The van der Waals surface area contributed by atoms with Crippen LogP contribution >= 0.6 is 24.0 Å². The van der Waals surface area contributed by atoms with E-state index in [1.807, 2.05) is 0 Å². The molecule has 1 aliphatic rings. The SMILES string of the molecule is Cl.NCCNC(=O)C1CCCN(C(=O)c2ccc(Cl)cc2)C1. The van der Waals surface area contributed by atoms with Crippen LogP contribution < -0.4 is 11.1 Å². The minimum atomic E-state index is -0.151. The van der Waals surface area contributed by atoms with Gasteiger partial charge in [0, 0.05) is 36.8 Å². The number of piperidine rings is 1. The zero-order valence-corrected chi connectivity index (χ0v) is 13.8. The molecule has 5 nitrogen and oxygen atoms in total. The molecule has 1 atom stereocenters. The van der Waals surface area contributed by atoms with E-state index < -0.39 is 0 Å². The molecule has 0 saturated carbocycles. The molecule has 1 aromatic carbocycles. The highest BCUT2D eigenvalue weighted by Crippen LogP contribution is 2.19. The molecular weight excluding hydrogens is 325 g/mol. The number of likely N-dealkylation sites (tertiary alicyclic amines) is 1. The van der Waals surface area contributed by atoms with Crippen molar-refractivity contribution in [1.82, 2.24) is 10.2 Å². The summed E-state index contributed by atoms with van der Waals surface area (Å²) in [5.74, 6) is -0.224. The van der Waals surface area contributed by atoms with Gasteiger partial charge in [0.2, 0.25) is 5.91 Å². The van der Waals surface area contributed by atoms with Crippen LogP contribution in [0.15, 0.2) is 24.3 Å². The van der Waals surface area contributed by atoms with E-state index in [0.717, 1.165) is 12.8 Å². The van der Waals surface area contributed by atoms with Crippen LogP contribution in [0.4, 0.5) is 0 Å². The Bertz CT molecular complexity index is 508. The summed E-state index contributed by atoms with van der Waals surface area (Å²) < 4.78 is 0. The maximum Gasteiger partial charge on any atom is 0.253 e. The molecule has 22 heavy (non-hydrogen) atoms. The summed E-state index contributed by atoms with van der Waals surface area (Å²) >= 11 is 5.83. The highest BCUT2D eigenvalue weighted by molar-refractivity contribution is 6.30. The average molecular weight is 346 g/mol. The fraction of sp³-hybridized carbons (Fsp3) is 0.467. The molecule has 2 amide bonds. The monoisotopic (exact) mass is 345 g/mol. The summed E-state index contributed by atoms with van der Waals surface area (Å²) in [6.45, 7) is 2.03. The highest BCUT2D eigenvalue weighted by atomic mass is 35.5. The van der Waals surface area contributed by atoms with E-state index in [-0.39, 0.29) is 30.1 Å². The molecule has 1 aromatic rings. The van der Waals surface area contributed by atoms with Gasteiger partial charge in [-0.25, -0.2) is 0 Å². The lowest BCUT2D eigenvalue weighted by Gasteiger charge is -2.32. The molecule has 0 aromatic heterocycles. The molecule has 3 N–H and O–H groups in total. The first-order chi connectivity index (χ1) is 10.1. The number of hydrogen-bond acceptors (Lipinski definition) is 3. The fourth-order valence-corrected chi connectivity index (χ4v) is 2.62. The van der Waals surface area contributed by atoms with Crippen LogP contribution in [0, 0.1) is 5.92 Å². The highest BCUT2D eigenvalue weighted by Gasteiger charge is 2.28. The quantitative estimate of drug-likeness (QED) is 0.871. The number of nitrogens with zero attached hydrogens (tertiary/aromatic N) is 1. The molecule has 7 heteroatoms. The third-order valence-corrected chi connectivity index (χ3v) is 3.87. The zero-order chi connectivity index (χ0) is 15.2. The summed E-state index contributed by atoms with van der Waals surface area (Å²) in [5.41, 5.74) is 5.98. The Morgan fingerprint density at radius 1 is 1.32 bits per heavy atom. The predicted octanol–water partition coefficient (Wildman–Crippen LogP) is 1.69. The van der Waals surface area contributed by atoms with E-state index in [9.17, 15) is 9.59 Å². The molecule has 1 fully saturated rings. The predicted molar refractivity (Wildman–Crippen MR) is 89.4 cm³/mol. The lowest BCUT2D eigenvalue weighted by Crippen LogP contribution is -2.46. The Hall–Kier alpha value is -1.30. The average Bonchev–Trinajstić information content (AvgIpc) is 2.52. The van der Waals surface area contributed by atoms with Gasteiger partial charge < -0.3 is 16.0 Å². The summed E-state index contributed by atoms with van der Waals surface area (Å²) in [6, 6.07) is 6.82. The van der Waals surface area contributed by atoms with Gasteiger partial charge in [0.1, 0.15) is 0 Å². The number of halogens is 2. The largest absolute Gasteiger partial charge is 0.355 e.